The van der Waals surface area contributed by atoms with Crippen molar-refractivity contribution in [2.75, 3.05) is 7.11 Å². The summed E-state index contributed by atoms with van der Waals surface area (Å²) in [6.45, 7) is 0. The maximum absolute atomic E-state index is 9.91. The van der Waals surface area contributed by atoms with Crippen LogP contribution in [0.25, 0.3) is 0 Å². The Kier molecular flexibility index (Phi) is 6.88. The number of carbonyl (C=O) groups excluding carboxylic acids is 1. The number of ether oxygens (including phenoxy) is 1. The minimum Gasteiger partial charge on any atom is -0.393 e. The number of aldehydes is 1. The predicted molar refractivity (Wildman–Crippen MR) is 40.4 cm³/mol. The number of methoxy groups -OCH3 is 1. The molecular weight excluding hydrogens is 164 g/mol. The van der Waals surface area contributed by atoms with Crippen LogP contribution in [0.5, 0.6) is 0 Å². The van der Waals surface area contributed by atoms with Gasteiger partial charge in [-0.15, -0.1) is 0 Å². The predicted octanol–water partition coefficient (Wildman–Crippen LogP) is 0.179. The normalized spacial score (nSPS) is 15.6. The molecular formula is C7H14O5. The number of hydrogen-bond acceptors (Lipinski definition) is 5. The van der Waals surface area contributed by atoms with Crippen LogP contribution in [0.2, 0.25) is 0 Å². The van der Waals surface area contributed by atoms with E-state index in [1.54, 1.807) is 0 Å². The van der Waals surface area contributed by atoms with Gasteiger partial charge < -0.3 is 14.6 Å². The smallest absolute Gasteiger partial charge is 0.193 e. The van der Waals surface area contributed by atoms with Crippen molar-refractivity contribution in [2.45, 2.75) is 31.7 Å². The van der Waals surface area contributed by atoms with Crippen LogP contribution in [-0.2, 0) is 14.4 Å². The van der Waals surface area contributed by atoms with Gasteiger partial charge in [-0.2, -0.15) is 0 Å². The topological polar surface area (TPSA) is 76.0 Å². The van der Waals surface area contributed by atoms with E-state index in [2.05, 4.69) is 9.62 Å². The Morgan fingerprint density at radius 2 is 2.25 bits per heavy atom. The van der Waals surface area contributed by atoms with E-state index < -0.39 is 12.4 Å². The molecule has 0 aliphatic carbocycles. The second-order valence-electron chi connectivity index (χ2n) is 2.40. The van der Waals surface area contributed by atoms with Gasteiger partial charge in [0, 0.05) is 20.0 Å². The standard InChI is InChI=1S/C7H14O5/c1-11-7(12-10)5-6(9)3-2-4-8/h4,6-7,9-10H,2-3,5H2,1H3. The van der Waals surface area contributed by atoms with Crippen molar-refractivity contribution in [3.8, 4) is 0 Å². The van der Waals surface area contributed by atoms with E-state index in [0.29, 0.717) is 12.8 Å². The molecule has 0 rings (SSSR count). The minimum absolute atomic E-state index is 0.154. The molecule has 2 atom stereocenters. The molecule has 0 fully saturated rings. The Labute approximate surface area is 70.8 Å². The summed E-state index contributed by atoms with van der Waals surface area (Å²) in [5.74, 6) is 0. The monoisotopic (exact) mass is 178 g/mol. The minimum atomic E-state index is -0.827. The lowest BCUT2D eigenvalue weighted by Gasteiger charge is -2.14. The van der Waals surface area contributed by atoms with Gasteiger partial charge in [-0.3, -0.25) is 0 Å². The van der Waals surface area contributed by atoms with Crippen molar-refractivity contribution in [1.82, 2.24) is 0 Å². The second kappa shape index (κ2) is 7.17. The zero-order valence-corrected chi connectivity index (χ0v) is 6.97. The Morgan fingerprint density at radius 1 is 1.58 bits per heavy atom. The fourth-order valence-corrected chi connectivity index (χ4v) is 0.783. The van der Waals surface area contributed by atoms with Crippen molar-refractivity contribution >= 4 is 6.29 Å². The number of carbonyl (C=O) groups is 1. The molecule has 0 saturated heterocycles. The molecule has 5 heteroatoms. The molecule has 72 valence electrons. The average molecular weight is 178 g/mol. The summed E-state index contributed by atoms with van der Waals surface area (Å²) in [5.41, 5.74) is 0. The molecule has 0 aliphatic rings. The summed E-state index contributed by atoms with van der Waals surface area (Å²) in [6.07, 6.45) is 0.0143. The first kappa shape index (κ1) is 11.5. The van der Waals surface area contributed by atoms with E-state index in [1.165, 1.54) is 7.11 Å². The van der Waals surface area contributed by atoms with Crippen LogP contribution in [0.15, 0.2) is 0 Å². The molecule has 0 saturated carbocycles. The molecule has 2 N–H and O–H groups in total. The highest BCUT2D eigenvalue weighted by atomic mass is 17.1. The largest absolute Gasteiger partial charge is 0.393 e. The summed E-state index contributed by atoms with van der Waals surface area (Å²) < 4.78 is 4.63. The summed E-state index contributed by atoms with van der Waals surface area (Å²) in [7, 11) is 1.35. The van der Waals surface area contributed by atoms with Gasteiger partial charge in [0.25, 0.3) is 0 Å². The lowest BCUT2D eigenvalue weighted by atomic mass is 10.1. The first-order valence-corrected chi connectivity index (χ1v) is 3.69. The van der Waals surface area contributed by atoms with Crippen molar-refractivity contribution < 1.29 is 24.8 Å². The molecule has 0 radical (unpaired) electrons. The van der Waals surface area contributed by atoms with E-state index in [-0.39, 0.29) is 6.42 Å². The van der Waals surface area contributed by atoms with Crippen LogP contribution in [0.4, 0.5) is 0 Å². The van der Waals surface area contributed by atoms with Crippen LogP contribution in [0.1, 0.15) is 19.3 Å². The highest BCUT2D eigenvalue weighted by Crippen LogP contribution is 2.06. The molecule has 0 spiro atoms. The van der Waals surface area contributed by atoms with Crippen LogP contribution in [0.3, 0.4) is 0 Å². The molecule has 0 aromatic rings. The quantitative estimate of drug-likeness (QED) is 0.252. The zero-order valence-electron chi connectivity index (χ0n) is 6.97. The maximum Gasteiger partial charge on any atom is 0.193 e. The molecule has 2 unspecified atom stereocenters. The third-order valence-corrected chi connectivity index (χ3v) is 1.46. The summed E-state index contributed by atoms with van der Waals surface area (Å²) in [6, 6.07) is 0. The van der Waals surface area contributed by atoms with Gasteiger partial charge >= 0.3 is 0 Å². The van der Waals surface area contributed by atoms with Gasteiger partial charge in [0.2, 0.25) is 0 Å². The molecule has 0 heterocycles. The van der Waals surface area contributed by atoms with E-state index in [4.69, 9.17) is 5.26 Å². The van der Waals surface area contributed by atoms with Gasteiger partial charge in [0.05, 0.1) is 6.10 Å². The lowest BCUT2D eigenvalue weighted by Crippen LogP contribution is -2.21. The SMILES string of the molecule is COC(CC(O)CCC=O)OO. The van der Waals surface area contributed by atoms with Gasteiger partial charge in [-0.25, -0.2) is 10.1 Å². The van der Waals surface area contributed by atoms with Gasteiger partial charge in [0.15, 0.2) is 6.29 Å². The number of hydrogen-bond donors (Lipinski definition) is 2. The molecule has 5 nitrogen and oxygen atoms in total. The highest BCUT2D eigenvalue weighted by molar-refractivity contribution is 5.49. The van der Waals surface area contributed by atoms with Crippen molar-refractivity contribution in [1.29, 1.82) is 0 Å². The Hall–Kier alpha value is -0.490. The molecule has 0 aromatic heterocycles. The molecule has 0 aromatic carbocycles. The van der Waals surface area contributed by atoms with Gasteiger partial charge in [0.1, 0.15) is 6.29 Å². The molecule has 0 aliphatic heterocycles. The Balaban J connectivity index is 3.50. The van der Waals surface area contributed by atoms with E-state index in [9.17, 15) is 9.90 Å². The van der Waals surface area contributed by atoms with Crippen LogP contribution in [0, 0.1) is 0 Å². The fourth-order valence-electron chi connectivity index (χ4n) is 0.783. The third-order valence-electron chi connectivity index (χ3n) is 1.46. The summed E-state index contributed by atoms with van der Waals surface area (Å²) >= 11 is 0. The molecule has 0 bridgehead atoms. The van der Waals surface area contributed by atoms with Crippen molar-refractivity contribution in [2.24, 2.45) is 0 Å². The van der Waals surface area contributed by atoms with Crippen LogP contribution in [-0.4, -0.2) is 36.2 Å². The highest BCUT2D eigenvalue weighted by Gasteiger charge is 2.13. The van der Waals surface area contributed by atoms with Gasteiger partial charge in [-0.05, 0) is 6.42 Å². The summed E-state index contributed by atoms with van der Waals surface area (Å²) in [5, 5.41) is 17.4. The first-order valence-electron chi connectivity index (χ1n) is 3.69. The second-order valence-corrected chi connectivity index (χ2v) is 2.40. The number of aliphatic hydroxyl groups is 1. The summed E-state index contributed by atoms with van der Waals surface area (Å²) in [4.78, 5) is 13.8. The maximum atomic E-state index is 9.91. The molecule has 0 amide bonds. The molecule has 12 heavy (non-hydrogen) atoms. The third kappa shape index (κ3) is 5.20. The van der Waals surface area contributed by atoms with Crippen LogP contribution < -0.4 is 0 Å². The zero-order chi connectivity index (χ0) is 9.40. The average Bonchev–Trinajstić information content (AvgIpc) is 2.10. The Bertz CT molecular complexity index is 112. The lowest BCUT2D eigenvalue weighted by molar-refractivity contribution is -0.345. The Morgan fingerprint density at radius 3 is 2.67 bits per heavy atom. The van der Waals surface area contributed by atoms with Crippen LogP contribution >= 0.6 is 0 Å². The number of rotatable bonds is 7. The van der Waals surface area contributed by atoms with Gasteiger partial charge in [-0.1, -0.05) is 0 Å². The van der Waals surface area contributed by atoms with E-state index in [0.717, 1.165) is 6.29 Å². The fraction of sp³-hybridized carbons (Fsp3) is 0.857. The number of aliphatic hydroxyl groups excluding tert-OH is 1. The van der Waals surface area contributed by atoms with Crippen molar-refractivity contribution in [3.05, 3.63) is 0 Å². The van der Waals surface area contributed by atoms with E-state index in [1.807, 2.05) is 0 Å². The first-order chi connectivity index (χ1) is 5.74. The van der Waals surface area contributed by atoms with Crippen molar-refractivity contribution in [3.63, 3.8) is 0 Å². The van der Waals surface area contributed by atoms with E-state index >= 15 is 0 Å².